The van der Waals surface area contributed by atoms with Gasteiger partial charge in [0.15, 0.2) is 5.13 Å². The standard InChI is InChI=1S/C17H18N4OS2/c1-11-20-14-5-4-12(9-15(14)24-11)16(22)19-10-13-3-2-7-21(13)17-18-6-8-23-17/h4-6,8-9,13H,2-3,7,10H2,1H3,(H,19,22). The molecule has 1 fully saturated rings. The molecule has 0 saturated carbocycles. The fourth-order valence-electron chi connectivity index (χ4n) is 3.15. The van der Waals surface area contributed by atoms with Crippen molar-refractivity contribution < 1.29 is 4.79 Å². The van der Waals surface area contributed by atoms with E-state index < -0.39 is 0 Å². The van der Waals surface area contributed by atoms with E-state index in [-0.39, 0.29) is 5.91 Å². The third-order valence-electron chi connectivity index (χ3n) is 4.30. The number of amides is 1. The van der Waals surface area contributed by atoms with Gasteiger partial charge in [-0.1, -0.05) is 0 Å². The number of anilines is 1. The van der Waals surface area contributed by atoms with Gasteiger partial charge in [0.2, 0.25) is 0 Å². The van der Waals surface area contributed by atoms with E-state index >= 15 is 0 Å². The van der Waals surface area contributed by atoms with Crippen molar-refractivity contribution in [1.82, 2.24) is 15.3 Å². The molecule has 4 rings (SSSR count). The van der Waals surface area contributed by atoms with Crippen LogP contribution in [0.4, 0.5) is 5.13 Å². The fraction of sp³-hybridized carbons (Fsp3) is 0.353. The van der Waals surface area contributed by atoms with Gasteiger partial charge in [-0.05, 0) is 38.0 Å². The number of thiazole rings is 2. The van der Waals surface area contributed by atoms with Crippen molar-refractivity contribution in [3.05, 3.63) is 40.3 Å². The van der Waals surface area contributed by atoms with Crippen LogP contribution >= 0.6 is 22.7 Å². The molecule has 1 unspecified atom stereocenters. The predicted molar refractivity (Wildman–Crippen MR) is 99.2 cm³/mol. The summed E-state index contributed by atoms with van der Waals surface area (Å²) in [7, 11) is 0. The number of carbonyl (C=O) groups is 1. The second-order valence-electron chi connectivity index (χ2n) is 5.93. The number of hydrogen-bond acceptors (Lipinski definition) is 6. The Hall–Kier alpha value is -1.99. The highest BCUT2D eigenvalue weighted by molar-refractivity contribution is 7.18. The molecule has 1 aliphatic heterocycles. The van der Waals surface area contributed by atoms with Crippen LogP contribution in [-0.4, -0.2) is 35.0 Å². The first-order chi connectivity index (χ1) is 11.7. The third kappa shape index (κ3) is 3.01. The van der Waals surface area contributed by atoms with Crippen LogP contribution in [-0.2, 0) is 0 Å². The maximum absolute atomic E-state index is 12.5. The number of aryl methyl sites for hydroxylation is 1. The lowest BCUT2D eigenvalue weighted by Crippen LogP contribution is -2.40. The maximum atomic E-state index is 12.5. The summed E-state index contributed by atoms with van der Waals surface area (Å²) in [4.78, 5) is 23.6. The van der Waals surface area contributed by atoms with Crippen LogP contribution < -0.4 is 10.2 Å². The van der Waals surface area contributed by atoms with E-state index in [4.69, 9.17) is 0 Å². The molecule has 3 aromatic rings. The van der Waals surface area contributed by atoms with E-state index in [1.807, 2.05) is 36.7 Å². The number of aromatic nitrogens is 2. The third-order valence-corrected chi connectivity index (χ3v) is 6.04. The van der Waals surface area contributed by atoms with Crippen molar-refractivity contribution in [3.63, 3.8) is 0 Å². The number of hydrogen-bond donors (Lipinski definition) is 1. The number of nitrogens with zero attached hydrogens (tertiary/aromatic N) is 3. The van der Waals surface area contributed by atoms with E-state index in [0.717, 1.165) is 39.7 Å². The van der Waals surface area contributed by atoms with Gasteiger partial charge in [-0.25, -0.2) is 9.97 Å². The van der Waals surface area contributed by atoms with Crippen molar-refractivity contribution in [2.24, 2.45) is 0 Å². The molecule has 2 aromatic heterocycles. The molecule has 3 heterocycles. The zero-order valence-electron chi connectivity index (χ0n) is 13.4. The molecule has 1 N–H and O–H groups in total. The second kappa shape index (κ2) is 6.49. The maximum Gasteiger partial charge on any atom is 0.251 e. The molecule has 0 aliphatic carbocycles. The normalized spacial score (nSPS) is 17.5. The predicted octanol–water partition coefficient (Wildman–Crippen LogP) is 3.46. The van der Waals surface area contributed by atoms with Crippen LogP contribution in [0.25, 0.3) is 10.2 Å². The summed E-state index contributed by atoms with van der Waals surface area (Å²) in [5.41, 5.74) is 1.66. The average Bonchev–Trinajstić information content (AvgIpc) is 3.30. The molecule has 0 radical (unpaired) electrons. The van der Waals surface area contributed by atoms with E-state index in [0.29, 0.717) is 18.2 Å². The Morgan fingerprint density at radius 3 is 3.21 bits per heavy atom. The Morgan fingerprint density at radius 1 is 1.46 bits per heavy atom. The van der Waals surface area contributed by atoms with Crippen molar-refractivity contribution in [2.45, 2.75) is 25.8 Å². The molecule has 24 heavy (non-hydrogen) atoms. The second-order valence-corrected chi connectivity index (χ2v) is 8.04. The summed E-state index contributed by atoms with van der Waals surface area (Å²) in [5, 5.41) is 7.15. The van der Waals surface area contributed by atoms with Gasteiger partial charge < -0.3 is 10.2 Å². The van der Waals surface area contributed by atoms with Gasteiger partial charge in [0.25, 0.3) is 5.91 Å². The summed E-state index contributed by atoms with van der Waals surface area (Å²) in [5.74, 6) is -0.0195. The quantitative estimate of drug-likeness (QED) is 0.776. The topological polar surface area (TPSA) is 58.1 Å². The Balaban J connectivity index is 1.43. The minimum atomic E-state index is -0.0195. The minimum absolute atomic E-state index is 0.0195. The summed E-state index contributed by atoms with van der Waals surface area (Å²) in [6.45, 7) is 3.65. The molecule has 1 saturated heterocycles. The summed E-state index contributed by atoms with van der Waals surface area (Å²) >= 11 is 3.27. The molecular weight excluding hydrogens is 340 g/mol. The molecule has 124 valence electrons. The van der Waals surface area contributed by atoms with Gasteiger partial charge in [-0.3, -0.25) is 4.79 Å². The largest absolute Gasteiger partial charge is 0.350 e. The van der Waals surface area contributed by atoms with Crippen molar-refractivity contribution in [3.8, 4) is 0 Å². The lowest BCUT2D eigenvalue weighted by Gasteiger charge is -2.24. The number of carbonyl (C=O) groups excluding carboxylic acids is 1. The van der Waals surface area contributed by atoms with Crippen molar-refractivity contribution in [1.29, 1.82) is 0 Å². The average molecular weight is 358 g/mol. The van der Waals surface area contributed by atoms with Crippen LogP contribution in [0.2, 0.25) is 0 Å². The van der Waals surface area contributed by atoms with E-state index in [1.54, 1.807) is 22.7 Å². The molecule has 5 nitrogen and oxygen atoms in total. The zero-order valence-corrected chi connectivity index (χ0v) is 15.0. The van der Waals surface area contributed by atoms with Crippen LogP contribution in [0, 0.1) is 6.92 Å². The smallest absolute Gasteiger partial charge is 0.251 e. The van der Waals surface area contributed by atoms with E-state index in [9.17, 15) is 4.79 Å². The highest BCUT2D eigenvalue weighted by Gasteiger charge is 2.26. The molecule has 1 atom stereocenters. The van der Waals surface area contributed by atoms with Crippen LogP contribution in [0.5, 0.6) is 0 Å². The SMILES string of the molecule is Cc1nc2ccc(C(=O)NCC3CCCN3c3nccs3)cc2s1. The molecule has 1 aliphatic rings. The van der Waals surface area contributed by atoms with Crippen LogP contribution in [0.3, 0.4) is 0 Å². The highest BCUT2D eigenvalue weighted by atomic mass is 32.1. The monoisotopic (exact) mass is 358 g/mol. The highest BCUT2D eigenvalue weighted by Crippen LogP contribution is 2.27. The molecule has 0 spiro atoms. The van der Waals surface area contributed by atoms with Crippen LogP contribution in [0.1, 0.15) is 28.2 Å². The Kier molecular flexibility index (Phi) is 4.20. The number of fused-ring (bicyclic) bond motifs is 1. The molecule has 7 heteroatoms. The van der Waals surface area contributed by atoms with Gasteiger partial charge in [0, 0.05) is 36.3 Å². The van der Waals surface area contributed by atoms with Crippen molar-refractivity contribution >= 4 is 43.9 Å². The van der Waals surface area contributed by atoms with Gasteiger partial charge in [0.1, 0.15) is 0 Å². The van der Waals surface area contributed by atoms with Gasteiger partial charge in [0.05, 0.1) is 15.2 Å². The van der Waals surface area contributed by atoms with Gasteiger partial charge in [-0.15, -0.1) is 22.7 Å². The molecular formula is C17H18N4OS2. The minimum Gasteiger partial charge on any atom is -0.350 e. The first-order valence-corrected chi connectivity index (χ1v) is 9.72. The van der Waals surface area contributed by atoms with Gasteiger partial charge >= 0.3 is 0 Å². The van der Waals surface area contributed by atoms with Crippen molar-refractivity contribution in [2.75, 3.05) is 18.0 Å². The van der Waals surface area contributed by atoms with E-state index in [2.05, 4.69) is 20.2 Å². The Labute approximate surface area is 148 Å². The lowest BCUT2D eigenvalue weighted by atomic mass is 10.2. The van der Waals surface area contributed by atoms with E-state index in [1.165, 1.54) is 0 Å². The number of rotatable bonds is 4. The first-order valence-electron chi connectivity index (χ1n) is 8.02. The number of benzene rings is 1. The fourth-order valence-corrected chi connectivity index (χ4v) is 4.76. The lowest BCUT2D eigenvalue weighted by molar-refractivity contribution is 0.0951. The summed E-state index contributed by atoms with van der Waals surface area (Å²) < 4.78 is 1.06. The van der Waals surface area contributed by atoms with Gasteiger partial charge in [-0.2, -0.15) is 0 Å². The first kappa shape index (κ1) is 15.5. The molecule has 0 bridgehead atoms. The molecule has 1 amide bonds. The Bertz CT molecular complexity index is 859. The zero-order chi connectivity index (χ0) is 16.5. The molecule has 1 aromatic carbocycles. The Morgan fingerprint density at radius 2 is 2.38 bits per heavy atom. The van der Waals surface area contributed by atoms with Crippen LogP contribution in [0.15, 0.2) is 29.8 Å². The summed E-state index contributed by atoms with van der Waals surface area (Å²) in [6.07, 6.45) is 4.07. The number of nitrogens with one attached hydrogen (secondary N) is 1. The summed E-state index contributed by atoms with van der Waals surface area (Å²) in [6, 6.07) is 6.03.